The van der Waals surface area contributed by atoms with Gasteiger partial charge in [-0.25, -0.2) is 9.18 Å². The van der Waals surface area contributed by atoms with Crippen LogP contribution in [-0.2, 0) is 16.1 Å². The first-order chi connectivity index (χ1) is 14.0. The Hall–Kier alpha value is -3.32. The molecule has 1 N–H and O–H groups in total. The number of hydrogen-bond donors (Lipinski definition) is 1. The molecule has 3 aromatic rings. The molecule has 7 heteroatoms. The summed E-state index contributed by atoms with van der Waals surface area (Å²) < 4.78 is 18.2. The average Bonchev–Trinajstić information content (AvgIpc) is 3.27. The number of rotatable bonds is 7. The Balaban J connectivity index is 1.64. The van der Waals surface area contributed by atoms with E-state index < -0.39 is 18.0 Å². The average molecular weight is 411 g/mol. The highest BCUT2D eigenvalue weighted by Crippen LogP contribution is 2.19. The van der Waals surface area contributed by atoms with Gasteiger partial charge in [0.15, 0.2) is 6.10 Å². The van der Waals surface area contributed by atoms with Gasteiger partial charge in [0.25, 0.3) is 5.91 Å². The van der Waals surface area contributed by atoms with E-state index in [1.807, 2.05) is 0 Å². The summed E-state index contributed by atoms with van der Waals surface area (Å²) in [4.78, 5) is 37.9. The topological polar surface area (TPSA) is 72.5 Å². The Morgan fingerprint density at radius 1 is 1.00 bits per heavy atom. The van der Waals surface area contributed by atoms with Crippen LogP contribution in [0.25, 0.3) is 0 Å². The van der Waals surface area contributed by atoms with E-state index in [-0.39, 0.29) is 29.3 Å². The first-order valence-corrected chi connectivity index (χ1v) is 9.74. The van der Waals surface area contributed by atoms with Gasteiger partial charge < -0.3 is 10.1 Å². The summed E-state index contributed by atoms with van der Waals surface area (Å²) in [5.41, 5.74) is 1.04. The lowest BCUT2D eigenvalue weighted by Gasteiger charge is -2.15. The van der Waals surface area contributed by atoms with Crippen molar-refractivity contribution in [3.8, 4) is 0 Å². The van der Waals surface area contributed by atoms with Crippen LogP contribution in [-0.4, -0.2) is 23.8 Å². The molecule has 0 aliphatic rings. The molecule has 5 nitrogen and oxygen atoms in total. The van der Waals surface area contributed by atoms with Crippen molar-refractivity contribution in [1.82, 2.24) is 5.32 Å². The van der Waals surface area contributed by atoms with Crippen molar-refractivity contribution in [2.45, 2.75) is 19.6 Å². The molecule has 1 aromatic heterocycles. The molecule has 1 heterocycles. The maximum absolute atomic E-state index is 12.9. The minimum atomic E-state index is -1.06. The monoisotopic (exact) mass is 411 g/mol. The molecular weight excluding hydrogens is 393 g/mol. The van der Waals surface area contributed by atoms with Gasteiger partial charge >= 0.3 is 5.97 Å². The van der Waals surface area contributed by atoms with Crippen LogP contribution in [0.15, 0.2) is 66.0 Å². The normalized spacial score (nSPS) is 11.5. The fourth-order valence-corrected chi connectivity index (χ4v) is 3.29. The van der Waals surface area contributed by atoms with E-state index in [1.165, 1.54) is 36.5 Å². The molecule has 0 fully saturated rings. The number of hydrogen-bond acceptors (Lipinski definition) is 5. The lowest BCUT2D eigenvalue weighted by molar-refractivity contribution is -0.129. The predicted molar refractivity (Wildman–Crippen MR) is 107 cm³/mol. The Morgan fingerprint density at radius 3 is 2.34 bits per heavy atom. The molecule has 0 saturated carbocycles. The van der Waals surface area contributed by atoms with E-state index in [2.05, 4.69) is 5.32 Å². The summed E-state index contributed by atoms with van der Waals surface area (Å²) in [5.74, 6) is -1.89. The Morgan fingerprint density at radius 2 is 1.69 bits per heavy atom. The number of carbonyl (C=O) groups is 3. The van der Waals surface area contributed by atoms with Gasteiger partial charge in [-0.15, -0.1) is 11.3 Å². The minimum Gasteiger partial charge on any atom is -0.449 e. The third-order valence-electron chi connectivity index (χ3n) is 4.17. The maximum Gasteiger partial charge on any atom is 0.339 e. The number of halogens is 1. The van der Waals surface area contributed by atoms with E-state index in [0.717, 1.165) is 0 Å². The van der Waals surface area contributed by atoms with Crippen molar-refractivity contribution in [1.29, 1.82) is 0 Å². The van der Waals surface area contributed by atoms with Gasteiger partial charge in [-0.1, -0.05) is 36.4 Å². The van der Waals surface area contributed by atoms with E-state index in [4.69, 9.17) is 4.74 Å². The number of ether oxygens (including phenoxy) is 1. The van der Waals surface area contributed by atoms with Gasteiger partial charge in [0, 0.05) is 12.1 Å². The summed E-state index contributed by atoms with van der Waals surface area (Å²) in [5, 5.41) is 4.41. The molecule has 0 aliphatic carbocycles. The molecule has 3 rings (SSSR count). The van der Waals surface area contributed by atoms with Crippen LogP contribution in [0.3, 0.4) is 0 Å². The molecule has 148 valence electrons. The Labute approximate surface area is 171 Å². The summed E-state index contributed by atoms with van der Waals surface area (Å²) in [6.45, 7) is 1.62. The quantitative estimate of drug-likeness (QED) is 0.472. The lowest BCUT2D eigenvalue weighted by atomic mass is 10.0. The molecule has 0 radical (unpaired) electrons. The summed E-state index contributed by atoms with van der Waals surface area (Å²) in [6.07, 6.45) is -1.06. The zero-order chi connectivity index (χ0) is 20.8. The molecule has 0 saturated heterocycles. The SMILES string of the molecule is C[C@@H](OC(=O)c1ccccc1C(=O)c1cccs1)C(=O)NCc1ccc(F)cc1. The van der Waals surface area contributed by atoms with E-state index in [1.54, 1.807) is 47.8 Å². The Bertz CT molecular complexity index is 1020. The number of thiophene rings is 1. The molecule has 1 amide bonds. The van der Waals surface area contributed by atoms with Crippen molar-refractivity contribution in [3.63, 3.8) is 0 Å². The van der Waals surface area contributed by atoms with Gasteiger partial charge in [0.2, 0.25) is 5.78 Å². The van der Waals surface area contributed by atoms with E-state index >= 15 is 0 Å². The van der Waals surface area contributed by atoms with Crippen molar-refractivity contribution >= 4 is 29.0 Å². The molecule has 0 bridgehead atoms. The van der Waals surface area contributed by atoms with Crippen molar-refractivity contribution in [3.05, 3.63) is 93.4 Å². The minimum absolute atomic E-state index is 0.101. The highest BCUT2D eigenvalue weighted by atomic mass is 32.1. The fourth-order valence-electron chi connectivity index (χ4n) is 2.61. The molecule has 0 aliphatic heterocycles. The molecule has 29 heavy (non-hydrogen) atoms. The number of esters is 1. The van der Waals surface area contributed by atoms with Crippen LogP contribution < -0.4 is 5.32 Å². The summed E-state index contributed by atoms with van der Waals surface area (Å²) >= 11 is 1.28. The highest BCUT2D eigenvalue weighted by molar-refractivity contribution is 7.12. The van der Waals surface area contributed by atoms with Crippen molar-refractivity contribution in [2.24, 2.45) is 0 Å². The van der Waals surface area contributed by atoms with Gasteiger partial charge in [-0.05, 0) is 42.1 Å². The lowest BCUT2D eigenvalue weighted by Crippen LogP contribution is -2.35. The smallest absolute Gasteiger partial charge is 0.339 e. The number of ketones is 1. The van der Waals surface area contributed by atoms with Crippen LogP contribution >= 0.6 is 11.3 Å². The molecule has 2 aromatic carbocycles. The predicted octanol–water partition coefficient (Wildman–Crippen LogP) is 3.98. The van der Waals surface area contributed by atoms with Crippen LogP contribution in [0, 0.1) is 5.82 Å². The highest BCUT2D eigenvalue weighted by Gasteiger charge is 2.23. The number of amides is 1. The second-order valence-corrected chi connectivity index (χ2v) is 7.19. The standard InChI is InChI=1S/C22H18FNO4S/c1-14(21(26)24-13-15-8-10-16(23)11-9-15)28-22(27)18-6-3-2-5-17(18)20(25)19-7-4-12-29-19/h2-12,14H,13H2,1H3,(H,24,26)/t14-/m1/s1. The van der Waals surface area contributed by atoms with Crippen LogP contribution in [0.5, 0.6) is 0 Å². The molecule has 1 atom stereocenters. The van der Waals surface area contributed by atoms with Gasteiger partial charge in [0.05, 0.1) is 10.4 Å². The first kappa shape index (κ1) is 20.4. The largest absolute Gasteiger partial charge is 0.449 e. The third kappa shape index (κ3) is 5.14. The summed E-state index contributed by atoms with van der Waals surface area (Å²) in [7, 11) is 0. The number of nitrogens with one attached hydrogen (secondary N) is 1. The summed E-state index contributed by atoms with van der Waals surface area (Å²) in [6, 6.07) is 15.5. The van der Waals surface area contributed by atoms with E-state index in [0.29, 0.717) is 10.4 Å². The Kier molecular flexibility index (Phi) is 6.51. The van der Waals surface area contributed by atoms with Crippen molar-refractivity contribution in [2.75, 3.05) is 0 Å². The maximum atomic E-state index is 12.9. The van der Waals surface area contributed by atoms with Gasteiger partial charge in [0.1, 0.15) is 5.82 Å². The third-order valence-corrected chi connectivity index (χ3v) is 5.04. The fraction of sp³-hybridized carbons (Fsp3) is 0.136. The second-order valence-electron chi connectivity index (χ2n) is 6.24. The van der Waals surface area contributed by atoms with Gasteiger partial charge in [-0.3, -0.25) is 9.59 Å². The number of carbonyl (C=O) groups excluding carboxylic acids is 3. The first-order valence-electron chi connectivity index (χ1n) is 8.86. The van der Waals surface area contributed by atoms with E-state index in [9.17, 15) is 18.8 Å². The zero-order valence-corrected chi connectivity index (χ0v) is 16.4. The van der Waals surface area contributed by atoms with Crippen LogP contribution in [0.4, 0.5) is 4.39 Å². The van der Waals surface area contributed by atoms with Crippen LogP contribution in [0.1, 0.15) is 38.1 Å². The van der Waals surface area contributed by atoms with Crippen molar-refractivity contribution < 1.29 is 23.5 Å². The van der Waals surface area contributed by atoms with Crippen LogP contribution in [0.2, 0.25) is 0 Å². The molecule has 0 spiro atoms. The second kappa shape index (κ2) is 9.25. The van der Waals surface area contributed by atoms with Gasteiger partial charge in [-0.2, -0.15) is 0 Å². The molecule has 0 unspecified atom stereocenters. The zero-order valence-electron chi connectivity index (χ0n) is 15.6. The molecular formula is C22H18FNO4S. The number of benzene rings is 2.